The zero-order valence-corrected chi connectivity index (χ0v) is 17.0. The molecule has 0 spiro atoms. The summed E-state index contributed by atoms with van der Waals surface area (Å²) >= 11 is 0. The molecule has 2 unspecified atom stereocenters. The fraction of sp³-hybridized carbons (Fsp3) is 0.667. The van der Waals surface area contributed by atoms with Gasteiger partial charge in [-0.2, -0.15) is 0 Å². The van der Waals surface area contributed by atoms with Gasteiger partial charge in [0, 0.05) is 0 Å². The number of hydrogen-bond acceptors (Lipinski definition) is 10. The van der Waals surface area contributed by atoms with E-state index >= 15 is 0 Å². The van der Waals surface area contributed by atoms with Crippen LogP contribution >= 0.6 is 7.82 Å². The molecule has 3 aliphatic heterocycles. The van der Waals surface area contributed by atoms with E-state index < -0.39 is 26.3 Å². The molecule has 1 aromatic rings. The Bertz CT molecular complexity index is 758. The van der Waals surface area contributed by atoms with Crippen LogP contribution in [0.15, 0.2) is 6.33 Å². The maximum absolute atomic E-state index is 12.0. The molecule has 4 rings (SSSR count). The molecule has 2 saturated heterocycles. The molecule has 1 amide bonds. The number of nitrogens with zero attached hydrogens (tertiary/aromatic N) is 3. The summed E-state index contributed by atoms with van der Waals surface area (Å²) in [6.07, 6.45) is 0.869. The molecular weight excluding hydrogens is 388 g/mol. The molecule has 11 nitrogen and oxygen atoms in total. The van der Waals surface area contributed by atoms with Gasteiger partial charge in [0.1, 0.15) is 0 Å². The molecule has 0 aliphatic carbocycles. The number of aromatic nitrogens is 2. The monoisotopic (exact) mass is 413 g/mol. The quantitative estimate of drug-likeness (QED) is 0.433. The minimum atomic E-state index is -3.18. The van der Waals surface area contributed by atoms with E-state index in [0.717, 1.165) is 6.42 Å². The Labute approximate surface area is 164 Å². The second kappa shape index (κ2) is 7.70. The van der Waals surface area contributed by atoms with Gasteiger partial charge >= 0.3 is 156 Å². The molecule has 3 aliphatic rings. The van der Waals surface area contributed by atoms with E-state index in [1.165, 1.54) is 6.33 Å². The number of rotatable bonds is 5. The van der Waals surface area contributed by atoms with Crippen LogP contribution in [0.2, 0.25) is 0 Å². The molecule has 0 aromatic carbocycles. The van der Waals surface area contributed by atoms with Crippen LogP contribution in [0.3, 0.4) is 0 Å². The van der Waals surface area contributed by atoms with Gasteiger partial charge in [0.25, 0.3) is 0 Å². The third kappa shape index (κ3) is 3.56. The molecule has 154 valence electrons. The number of carbonyl (C=O) groups excluding carboxylic acids is 1. The Morgan fingerprint density at radius 1 is 1.57 bits per heavy atom. The van der Waals surface area contributed by atoms with Crippen LogP contribution < -0.4 is 15.5 Å². The number of fused-ring (bicyclic) bond motifs is 2. The average molecular weight is 413 g/mol. The number of methoxy groups -OCH3 is 1. The Morgan fingerprint density at radius 2 is 2.39 bits per heavy atom. The molecular formula is C15H25BN5O6P. The first kappa shape index (κ1) is 19.7. The summed E-state index contributed by atoms with van der Waals surface area (Å²) in [6.45, 7) is 2.59. The SMILES string of the molecule is B[PH]1(O)OC[C@H]2OC(N3CNc4c(NC(=O)CCC)ncnc43)C(OC)[C@@H]2O1. The van der Waals surface area contributed by atoms with E-state index in [1.807, 2.05) is 11.8 Å². The predicted octanol–water partition coefficient (Wildman–Crippen LogP) is -0.405. The Balaban J connectivity index is 1.57. The van der Waals surface area contributed by atoms with Gasteiger partial charge in [-0.05, 0) is 0 Å². The third-order valence-corrected chi connectivity index (χ3v) is 6.41. The van der Waals surface area contributed by atoms with Gasteiger partial charge in [0.05, 0.1) is 0 Å². The predicted molar refractivity (Wildman–Crippen MR) is 106 cm³/mol. The van der Waals surface area contributed by atoms with Crippen molar-refractivity contribution in [3.05, 3.63) is 6.33 Å². The first-order chi connectivity index (χ1) is 13.4. The van der Waals surface area contributed by atoms with Gasteiger partial charge in [-0.3, -0.25) is 0 Å². The van der Waals surface area contributed by atoms with Gasteiger partial charge < -0.3 is 0 Å². The van der Waals surface area contributed by atoms with E-state index in [9.17, 15) is 9.69 Å². The summed E-state index contributed by atoms with van der Waals surface area (Å²) < 4.78 is 23.0. The Hall–Kier alpha value is -1.56. The molecule has 1 aromatic heterocycles. The first-order valence-electron chi connectivity index (χ1n) is 9.31. The number of carbonyl (C=O) groups is 1. The van der Waals surface area contributed by atoms with Crippen molar-refractivity contribution in [2.75, 3.05) is 35.9 Å². The van der Waals surface area contributed by atoms with Crippen molar-refractivity contribution in [1.29, 1.82) is 0 Å². The average Bonchev–Trinajstić information content (AvgIpc) is 3.22. The Morgan fingerprint density at radius 3 is 3.14 bits per heavy atom. The maximum atomic E-state index is 12.0. The summed E-state index contributed by atoms with van der Waals surface area (Å²) in [4.78, 5) is 32.6. The zero-order valence-electron chi connectivity index (χ0n) is 16.0. The summed E-state index contributed by atoms with van der Waals surface area (Å²) in [5.41, 5.74) is 0.638. The number of anilines is 3. The molecule has 0 bridgehead atoms. The van der Waals surface area contributed by atoms with E-state index in [2.05, 4.69) is 20.6 Å². The van der Waals surface area contributed by atoms with Gasteiger partial charge in [0.2, 0.25) is 0 Å². The minimum absolute atomic E-state index is 0.0979. The van der Waals surface area contributed by atoms with Crippen LogP contribution in [-0.2, 0) is 23.3 Å². The van der Waals surface area contributed by atoms with Crippen LogP contribution in [0.4, 0.5) is 17.3 Å². The van der Waals surface area contributed by atoms with Gasteiger partial charge in [-0.1, -0.05) is 6.92 Å². The molecule has 0 saturated carbocycles. The van der Waals surface area contributed by atoms with Gasteiger partial charge in [-0.15, -0.1) is 0 Å². The Kier molecular flexibility index (Phi) is 5.43. The van der Waals surface area contributed by atoms with Crippen molar-refractivity contribution >= 4 is 38.6 Å². The van der Waals surface area contributed by atoms with Crippen LogP contribution in [-0.4, -0.2) is 73.3 Å². The summed E-state index contributed by atoms with van der Waals surface area (Å²) in [5.74, 6) is 0.946. The standard InChI is InChI=1S/C15H25BN5O6P/c1-3-4-9(22)20-13-10-14(18-6-17-13)21(7-19-10)15-12(24-2)11-8(26-15)5-25-28(16,23)27-11/h6,8,11-12,15,19,23,28H,3-5,7,16H2,1-2H3,(H,17,18,20,22)/t8-,11-,12?,15?/m1/s1. The topological polar surface area (TPSA) is 127 Å². The summed E-state index contributed by atoms with van der Waals surface area (Å²) in [6, 6.07) is 0. The van der Waals surface area contributed by atoms with Crippen molar-refractivity contribution in [2.24, 2.45) is 0 Å². The van der Waals surface area contributed by atoms with Crippen molar-refractivity contribution in [2.45, 2.75) is 44.3 Å². The van der Waals surface area contributed by atoms with Crippen LogP contribution in [0.25, 0.3) is 0 Å². The van der Waals surface area contributed by atoms with Gasteiger partial charge in [0.15, 0.2) is 0 Å². The number of hydrogen-bond donors (Lipinski definition) is 3. The van der Waals surface area contributed by atoms with Crippen LogP contribution in [0, 0.1) is 0 Å². The summed E-state index contributed by atoms with van der Waals surface area (Å²) in [5, 5.41) is 6.04. The van der Waals surface area contributed by atoms with Crippen molar-refractivity contribution < 1.29 is 28.2 Å². The molecule has 28 heavy (non-hydrogen) atoms. The van der Waals surface area contributed by atoms with E-state index in [0.29, 0.717) is 30.4 Å². The van der Waals surface area contributed by atoms with Crippen molar-refractivity contribution in [1.82, 2.24) is 9.97 Å². The normalized spacial score (nSPS) is 31.6. The van der Waals surface area contributed by atoms with E-state index in [-0.39, 0.29) is 18.6 Å². The first-order valence-corrected chi connectivity index (χ1v) is 11.6. The second-order valence-corrected chi connectivity index (χ2v) is 9.40. The van der Waals surface area contributed by atoms with E-state index in [4.69, 9.17) is 18.5 Å². The fourth-order valence-electron chi connectivity index (χ4n) is 3.73. The molecule has 0 radical (unpaired) electrons. The van der Waals surface area contributed by atoms with Crippen LogP contribution in [0.5, 0.6) is 0 Å². The third-order valence-electron chi connectivity index (χ3n) is 5.00. The fourth-order valence-corrected chi connectivity index (χ4v) is 5.06. The molecule has 3 N–H and O–H groups in total. The summed E-state index contributed by atoms with van der Waals surface area (Å²) in [7, 11) is -0.0173. The number of amides is 1. The molecule has 2 fully saturated rings. The molecule has 4 heterocycles. The zero-order chi connectivity index (χ0) is 19.9. The molecule has 4 atom stereocenters. The van der Waals surface area contributed by atoms with Crippen molar-refractivity contribution in [3.8, 4) is 0 Å². The van der Waals surface area contributed by atoms with Crippen LogP contribution in [0.1, 0.15) is 19.8 Å². The number of nitrogens with one attached hydrogen (secondary N) is 2. The second-order valence-electron chi connectivity index (χ2n) is 7.08. The van der Waals surface area contributed by atoms with Crippen molar-refractivity contribution in [3.63, 3.8) is 0 Å². The van der Waals surface area contributed by atoms with Gasteiger partial charge in [-0.25, -0.2) is 0 Å². The molecule has 13 heteroatoms. The van der Waals surface area contributed by atoms with E-state index in [1.54, 1.807) is 14.7 Å². The number of ether oxygens (including phenoxy) is 2.